The lowest BCUT2D eigenvalue weighted by atomic mass is 10.1. The molecule has 0 unspecified atom stereocenters. The molecule has 0 radical (unpaired) electrons. The molecule has 0 spiro atoms. The number of nitrogens with one attached hydrogen (secondary N) is 1. The van der Waals surface area contributed by atoms with Gasteiger partial charge in [0.05, 0.1) is 5.25 Å². The van der Waals surface area contributed by atoms with Gasteiger partial charge >= 0.3 is 0 Å². The van der Waals surface area contributed by atoms with Crippen LogP contribution in [0, 0.1) is 0 Å². The van der Waals surface area contributed by atoms with Crippen molar-refractivity contribution in [3.8, 4) is 0 Å². The molecule has 110 valence electrons. The number of rotatable bonds is 5. The summed E-state index contributed by atoms with van der Waals surface area (Å²) in [7, 11) is 0. The Bertz CT molecular complexity index is 595. The number of aryl methyl sites for hydroxylation is 1. The fourth-order valence-electron chi connectivity index (χ4n) is 1.84. The van der Waals surface area contributed by atoms with Crippen LogP contribution in [0.4, 0.5) is 5.69 Å². The van der Waals surface area contributed by atoms with Gasteiger partial charge in [-0.05, 0) is 55.3 Å². The van der Waals surface area contributed by atoms with Gasteiger partial charge in [-0.2, -0.15) is 0 Å². The zero-order chi connectivity index (χ0) is 15.2. The standard InChI is InChI=1S/C17H18BrNOS/c1-3-13-4-8-15(9-5-13)19-17(20)12(2)21-16-10-6-14(18)7-11-16/h4-12H,3H2,1-2H3,(H,19,20)/t12-/m1/s1. The number of amides is 1. The van der Waals surface area contributed by atoms with Gasteiger partial charge in [-0.3, -0.25) is 4.79 Å². The first-order chi connectivity index (χ1) is 10.1. The molecule has 0 aliphatic rings. The van der Waals surface area contributed by atoms with Gasteiger partial charge in [0.1, 0.15) is 0 Å². The van der Waals surface area contributed by atoms with E-state index in [1.54, 1.807) is 11.8 Å². The summed E-state index contributed by atoms with van der Waals surface area (Å²) >= 11 is 4.96. The van der Waals surface area contributed by atoms with Crippen molar-refractivity contribution in [2.24, 2.45) is 0 Å². The van der Waals surface area contributed by atoms with E-state index in [1.165, 1.54) is 5.56 Å². The van der Waals surface area contributed by atoms with Crippen LogP contribution >= 0.6 is 27.7 Å². The SMILES string of the molecule is CCc1ccc(NC(=O)[C@@H](C)Sc2ccc(Br)cc2)cc1. The van der Waals surface area contributed by atoms with Crippen molar-refractivity contribution in [2.45, 2.75) is 30.4 Å². The van der Waals surface area contributed by atoms with E-state index in [4.69, 9.17) is 0 Å². The fraction of sp³-hybridized carbons (Fsp3) is 0.235. The second kappa shape index (κ2) is 7.66. The van der Waals surface area contributed by atoms with Crippen LogP contribution in [0.5, 0.6) is 0 Å². The maximum atomic E-state index is 12.2. The first kappa shape index (κ1) is 16.1. The number of carbonyl (C=O) groups is 1. The molecule has 21 heavy (non-hydrogen) atoms. The van der Waals surface area contributed by atoms with E-state index in [-0.39, 0.29) is 11.2 Å². The second-order valence-electron chi connectivity index (χ2n) is 4.75. The number of hydrogen-bond donors (Lipinski definition) is 1. The van der Waals surface area contributed by atoms with Gasteiger partial charge in [0, 0.05) is 15.1 Å². The summed E-state index contributed by atoms with van der Waals surface area (Å²) in [6, 6.07) is 16.0. The van der Waals surface area contributed by atoms with Crippen LogP contribution in [0.1, 0.15) is 19.4 Å². The van der Waals surface area contributed by atoms with Gasteiger partial charge < -0.3 is 5.32 Å². The number of carbonyl (C=O) groups excluding carboxylic acids is 1. The van der Waals surface area contributed by atoms with Crippen LogP contribution < -0.4 is 5.32 Å². The highest BCUT2D eigenvalue weighted by Gasteiger charge is 2.14. The Hall–Kier alpha value is -1.26. The maximum absolute atomic E-state index is 12.2. The molecule has 1 amide bonds. The Morgan fingerprint density at radius 3 is 2.33 bits per heavy atom. The molecule has 0 fully saturated rings. The molecular weight excluding hydrogens is 346 g/mol. The Labute approximate surface area is 138 Å². The minimum atomic E-state index is -0.142. The third kappa shape index (κ3) is 4.90. The second-order valence-corrected chi connectivity index (χ2v) is 7.08. The summed E-state index contributed by atoms with van der Waals surface area (Å²) in [5.74, 6) is 0.0205. The van der Waals surface area contributed by atoms with E-state index in [0.717, 1.165) is 21.5 Å². The molecule has 0 saturated heterocycles. The van der Waals surface area contributed by atoms with Crippen molar-refractivity contribution >= 4 is 39.3 Å². The summed E-state index contributed by atoms with van der Waals surface area (Å²) in [6.45, 7) is 4.03. The topological polar surface area (TPSA) is 29.1 Å². The minimum Gasteiger partial charge on any atom is -0.325 e. The summed E-state index contributed by atoms with van der Waals surface area (Å²) in [5, 5.41) is 2.81. The van der Waals surface area contributed by atoms with Crippen molar-refractivity contribution in [2.75, 3.05) is 5.32 Å². The molecule has 0 bridgehead atoms. The average molecular weight is 364 g/mol. The van der Waals surface area contributed by atoms with E-state index in [2.05, 4.69) is 28.2 Å². The maximum Gasteiger partial charge on any atom is 0.237 e. The lowest BCUT2D eigenvalue weighted by Gasteiger charge is -2.12. The van der Waals surface area contributed by atoms with E-state index in [9.17, 15) is 4.79 Å². The van der Waals surface area contributed by atoms with Crippen LogP contribution in [0.2, 0.25) is 0 Å². The van der Waals surface area contributed by atoms with Crippen molar-refractivity contribution < 1.29 is 4.79 Å². The zero-order valence-corrected chi connectivity index (χ0v) is 14.5. The highest BCUT2D eigenvalue weighted by Crippen LogP contribution is 2.25. The molecule has 2 aromatic rings. The molecule has 1 N–H and O–H groups in total. The quantitative estimate of drug-likeness (QED) is 0.745. The van der Waals surface area contributed by atoms with Gasteiger partial charge in [-0.25, -0.2) is 0 Å². The van der Waals surface area contributed by atoms with Crippen molar-refractivity contribution in [1.82, 2.24) is 0 Å². The number of hydrogen-bond acceptors (Lipinski definition) is 2. The first-order valence-corrected chi connectivity index (χ1v) is 8.58. The number of anilines is 1. The molecule has 0 aliphatic carbocycles. The lowest BCUT2D eigenvalue weighted by molar-refractivity contribution is -0.115. The summed E-state index contributed by atoms with van der Waals surface area (Å²) in [5.41, 5.74) is 2.12. The van der Waals surface area contributed by atoms with Gasteiger partial charge in [-0.1, -0.05) is 35.0 Å². The summed E-state index contributed by atoms with van der Waals surface area (Å²) in [6.07, 6.45) is 1.00. The number of thioether (sulfide) groups is 1. The van der Waals surface area contributed by atoms with Gasteiger partial charge in [0.15, 0.2) is 0 Å². The summed E-state index contributed by atoms with van der Waals surface area (Å²) in [4.78, 5) is 13.3. The predicted octanol–water partition coefficient (Wildman–Crippen LogP) is 5.13. The molecule has 0 heterocycles. The smallest absolute Gasteiger partial charge is 0.237 e. The Kier molecular flexibility index (Phi) is 5.88. The molecule has 4 heteroatoms. The number of halogens is 1. The lowest BCUT2D eigenvalue weighted by Crippen LogP contribution is -2.22. The van der Waals surface area contributed by atoms with E-state index in [1.807, 2.05) is 55.5 Å². The Morgan fingerprint density at radius 2 is 1.76 bits per heavy atom. The molecule has 2 aromatic carbocycles. The molecular formula is C17H18BrNOS. The third-order valence-electron chi connectivity index (χ3n) is 3.13. The van der Waals surface area contributed by atoms with Crippen LogP contribution in [0.3, 0.4) is 0 Å². The highest BCUT2D eigenvalue weighted by atomic mass is 79.9. The van der Waals surface area contributed by atoms with Crippen LogP contribution in [-0.2, 0) is 11.2 Å². The average Bonchev–Trinajstić information content (AvgIpc) is 2.50. The minimum absolute atomic E-state index is 0.0205. The van der Waals surface area contributed by atoms with E-state index >= 15 is 0 Å². The Balaban J connectivity index is 1.93. The highest BCUT2D eigenvalue weighted by molar-refractivity contribution is 9.10. The van der Waals surface area contributed by atoms with Crippen LogP contribution in [0.15, 0.2) is 57.9 Å². The predicted molar refractivity (Wildman–Crippen MR) is 93.9 cm³/mol. The fourth-order valence-corrected chi connectivity index (χ4v) is 2.97. The van der Waals surface area contributed by atoms with Crippen LogP contribution in [-0.4, -0.2) is 11.2 Å². The summed E-state index contributed by atoms with van der Waals surface area (Å²) < 4.78 is 1.04. The van der Waals surface area contributed by atoms with Crippen LogP contribution in [0.25, 0.3) is 0 Å². The molecule has 1 atom stereocenters. The van der Waals surface area contributed by atoms with Crippen molar-refractivity contribution in [3.05, 3.63) is 58.6 Å². The van der Waals surface area contributed by atoms with E-state index in [0.29, 0.717) is 0 Å². The number of benzene rings is 2. The van der Waals surface area contributed by atoms with E-state index < -0.39 is 0 Å². The molecule has 2 rings (SSSR count). The molecule has 0 aliphatic heterocycles. The first-order valence-electron chi connectivity index (χ1n) is 6.90. The molecule has 2 nitrogen and oxygen atoms in total. The van der Waals surface area contributed by atoms with Crippen molar-refractivity contribution in [3.63, 3.8) is 0 Å². The van der Waals surface area contributed by atoms with Gasteiger partial charge in [0.25, 0.3) is 0 Å². The third-order valence-corrected chi connectivity index (χ3v) is 4.77. The zero-order valence-electron chi connectivity index (χ0n) is 12.1. The normalized spacial score (nSPS) is 12.0. The van der Waals surface area contributed by atoms with Gasteiger partial charge in [-0.15, -0.1) is 11.8 Å². The largest absolute Gasteiger partial charge is 0.325 e. The van der Waals surface area contributed by atoms with Crippen molar-refractivity contribution in [1.29, 1.82) is 0 Å². The van der Waals surface area contributed by atoms with Gasteiger partial charge in [0.2, 0.25) is 5.91 Å². The molecule has 0 saturated carbocycles. The monoisotopic (exact) mass is 363 g/mol. The molecule has 0 aromatic heterocycles. The Morgan fingerprint density at radius 1 is 1.14 bits per heavy atom.